The highest BCUT2D eigenvalue weighted by Gasteiger charge is 2.29. The number of carbonyl (C=O) groups is 3. The number of piperidine rings is 1. The fraction of sp³-hybridized carbons (Fsp3) is 0.750. The summed E-state index contributed by atoms with van der Waals surface area (Å²) < 4.78 is 0. The molecule has 100 valence electrons. The number of carbonyl (C=O) groups excluding carboxylic acids is 3. The highest BCUT2D eigenvalue weighted by atomic mass is 16.2. The maximum Gasteiger partial charge on any atom is 0.236 e. The zero-order chi connectivity index (χ0) is 13.1. The van der Waals surface area contributed by atoms with E-state index in [-0.39, 0.29) is 23.5 Å². The van der Waals surface area contributed by atoms with Crippen LogP contribution in [0.4, 0.5) is 0 Å². The molecule has 0 aromatic carbocycles. The number of amides is 2. The molecule has 0 aromatic heterocycles. The number of hydrogen-bond acceptors (Lipinski definition) is 4. The van der Waals surface area contributed by atoms with Gasteiger partial charge in [0, 0.05) is 32.5 Å². The van der Waals surface area contributed by atoms with E-state index < -0.39 is 0 Å². The Morgan fingerprint density at radius 3 is 2.44 bits per heavy atom. The monoisotopic (exact) mass is 253 g/mol. The zero-order valence-electron chi connectivity index (χ0n) is 10.4. The van der Waals surface area contributed by atoms with E-state index in [0.29, 0.717) is 39.0 Å². The van der Waals surface area contributed by atoms with Gasteiger partial charge < -0.3 is 10.6 Å². The maximum atomic E-state index is 12.0. The molecule has 2 saturated heterocycles. The zero-order valence-corrected chi connectivity index (χ0v) is 10.4. The van der Waals surface area contributed by atoms with Crippen molar-refractivity contribution < 1.29 is 14.4 Å². The highest BCUT2D eigenvalue weighted by Crippen LogP contribution is 2.16. The van der Waals surface area contributed by atoms with Gasteiger partial charge in [0.25, 0.3) is 0 Å². The van der Waals surface area contributed by atoms with Gasteiger partial charge in [-0.3, -0.25) is 19.3 Å². The summed E-state index contributed by atoms with van der Waals surface area (Å²) in [5, 5.41) is 0. The molecule has 1 atom stereocenters. The Bertz CT molecular complexity index is 360. The maximum absolute atomic E-state index is 12.0. The Kier molecular flexibility index (Phi) is 3.96. The van der Waals surface area contributed by atoms with E-state index in [0.717, 1.165) is 13.0 Å². The van der Waals surface area contributed by atoms with Crippen molar-refractivity contribution in [2.45, 2.75) is 19.3 Å². The average Bonchev–Trinajstić information content (AvgIpc) is 2.78. The van der Waals surface area contributed by atoms with Gasteiger partial charge in [-0.05, 0) is 13.0 Å². The SMILES string of the molecule is NC(=O)C1CCN(CC(=O)N2CCC(=O)CC2)C1. The third-order valence-corrected chi connectivity index (χ3v) is 3.71. The Hall–Kier alpha value is -1.43. The van der Waals surface area contributed by atoms with E-state index in [4.69, 9.17) is 5.73 Å². The van der Waals surface area contributed by atoms with Gasteiger partial charge in [0.05, 0.1) is 12.5 Å². The smallest absolute Gasteiger partial charge is 0.236 e. The molecule has 6 heteroatoms. The molecule has 18 heavy (non-hydrogen) atoms. The number of primary amides is 1. The van der Waals surface area contributed by atoms with Crippen molar-refractivity contribution >= 4 is 17.6 Å². The number of nitrogens with two attached hydrogens (primary N) is 1. The third kappa shape index (κ3) is 3.07. The lowest BCUT2D eigenvalue weighted by atomic mass is 10.1. The quantitative estimate of drug-likeness (QED) is 0.698. The summed E-state index contributed by atoms with van der Waals surface area (Å²) in [6.45, 7) is 2.72. The normalized spacial score (nSPS) is 25.4. The standard InChI is InChI=1S/C12H19N3O3/c13-12(18)9-1-4-14(7-9)8-11(17)15-5-2-10(16)3-6-15/h9H,1-8H2,(H2,13,18). The second-order valence-electron chi connectivity index (χ2n) is 5.04. The molecule has 2 aliphatic rings. The van der Waals surface area contributed by atoms with E-state index >= 15 is 0 Å². The van der Waals surface area contributed by atoms with E-state index in [1.807, 2.05) is 4.90 Å². The van der Waals surface area contributed by atoms with Crippen molar-refractivity contribution in [1.82, 2.24) is 9.80 Å². The minimum absolute atomic E-state index is 0.0487. The fourth-order valence-corrected chi connectivity index (χ4v) is 2.51. The summed E-state index contributed by atoms with van der Waals surface area (Å²) in [6.07, 6.45) is 1.67. The highest BCUT2D eigenvalue weighted by molar-refractivity contribution is 5.84. The first-order valence-corrected chi connectivity index (χ1v) is 6.37. The molecular formula is C12H19N3O3. The molecule has 0 aliphatic carbocycles. The summed E-state index contributed by atoms with van der Waals surface area (Å²) in [4.78, 5) is 37.8. The molecule has 6 nitrogen and oxygen atoms in total. The first-order valence-electron chi connectivity index (χ1n) is 6.37. The van der Waals surface area contributed by atoms with Gasteiger partial charge in [-0.2, -0.15) is 0 Å². The molecule has 2 aliphatic heterocycles. The van der Waals surface area contributed by atoms with E-state index in [1.54, 1.807) is 4.90 Å². The predicted octanol–water partition coefficient (Wildman–Crippen LogP) is -1.01. The second kappa shape index (κ2) is 5.48. The van der Waals surface area contributed by atoms with Gasteiger partial charge in [-0.15, -0.1) is 0 Å². The lowest BCUT2D eigenvalue weighted by Crippen LogP contribution is -2.44. The molecule has 0 aromatic rings. The van der Waals surface area contributed by atoms with Crippen LogP contribution in [0.2, 0.25) is 0 Å². The molecule has 2 rings (SSSR count). The van der Waals surface area contributed by atoms with Crippen molar-refractivity contribution in [1.29, 1.82) is 0 Å². The fourth-order valence-electron chi connectivity index (χ4n) is 2.51. The number of hydrogen-bond donors (Lipinski definition) is 1. The van der Waals surface area contributed by atoms with Crippen molar-refractivity contribution in [3.63, 3.8) is 0 Å². The van der Waals surface area contributed by atoms with Crippen molar-refractivity contribution in [3.8, 4) is 0 Å². The summed E-state index contributed by atoms with van der Waals surface area (Å²) in [6, 6.07) is 0. The molecule has 0 spiro atoms. The molecule has 1 unspecified atom stereocenters. The topological polar surface area (TPSA) is 83.7 Å². The largest absolute Gasteiger partial charge is 0.369 e. The van der Waals surface area contributed by atoms with Crippen LogP contribution in [0, 0.1) is 5.92 Å². The Morgan fingerprint density at radius 2 is 1.89 bits per heavy atom. The van der Waals surface area contributed by atoms with Crippen LogP contribution in [0.1, 0.15) is 19.3 Å². The molecule has 0 radical (unpaired) electrons. The molecule has 0 bridgehead atoms. The molecule has 2 amide bonds. The molecular weight excluding hydrogens is 234 g/mol. The van der Waals surface area contributed by atoms with Crippen LogP contribution in [-0.4, -0.2) is 60.1 Å². The van der Waals surface area contributed by atoms with Crippen LogP contribution in [0.25, 0.3) is 0 Å². The summed E-state index contributed by atoms with van der Waals surface area (Å²) in [5.74, 6) is -0.129. The Balaban J connectivity index is 1.78. The van der Waals surface area contributed by atoms with Crippen LogP contribution in [0.3, 0.4) is 0 Å². The summed E-state index contributed by atoms with van der Waals surface area (Å²) in [5.41, 5.74) is 5.25. The van der Waals surface area contributed by atoms with Gasteiger partial charge >= 0.3 is 0 Å². The van der Waals surface area contributed by atoms with E-state index in [2.05, 4.69) is 0 Å². The van der Waals surface area contributed by atoms with Gasteiger partial charge in [-0.1, -0.05) is 0 Å². The van der Waals surface area contributed by atoms with Crippen molar-refractivity contribution in [2.75, 3.05) is 32.7 Å². The lowest BCUT2D eigenvalue weighted by Gasteiger charge is -2.28. The number of Topliss-reactive ketones (excluding diaryl/α,β-unsaturated/α-hetero) is 1. The van der Waals surface area contributed by atoms with Crippen LogP contribution >= 0.6 is 0 Å². The molecule has 2 heterocycles. The molecule has 2 N–H and O–H groups in total. The minimum Gasteiger partial charge on any atom is -0.369 e. The summed E-state index contributed by atoms with van der Waals surface area (Å²) >= 11 is 0. The number of ketones is 1. The van der Waals surface area contributed by atoms with E-state index in [1.165, 1.54) is 0 Å². The van der Waals surface area contributed by atoms with Gasteiger partial charge in [0.15, 0.2) is 0 Å². The second-order valence-corrected chi connectivity index (χ2v) is 5.04. The molecule has 2 fully saturated rings. The summed E-state index contributed by atoms with van der Waals surface area (Å²) in [7, 11) is 0. The third-order valence-electron chi connectivity index (χ3n) is 3.71. The van der Waals surface area contributed by atoms with Gasteiger partial charge in [0.2, 0.25) is 11.8 Å². The van der Waals surface area contributed by atoms with Crippen LogP contribution < -0.4 is 5.73 Å². The van der Waals surface area contributed by atoms with Crippen LogP contribution in [-0.2, 0) is 14.4 Å². The van der Waals surface area contributed by atoms with Gasteiger partial charge in [-0.25, -0.2) is 0 Å². The Morgan fingerprint density at radius 1 is 1.22 bits per heavy atom. The van der Waals surface area contributed by atoms with Crippen LogP contribution in [0.15, 0.2) is 0 Å². The van der Waals surface area contributed by atoms with Crippen molar-refractivity contribution in [3.05, 3.63) is 0 Å². The number of nitrogens with zero attached hydrogens (tertiary/aromatic N) is 2. The first-order chi connectivity index (χ1) is 8.56. The van der Waals surface area contributed by atoms with Crippen LogP contribution in [0.5, 0.6) is 0 Å². The Labute approximate surface area is 106 Å². The average molecular weight is 253 g/mol. The van der Waals surface area contributed by atoms with Gasteiger partial charge in [0.1, 0.15) is 5.78 Å². The number of rotatable bonds is 3. The van der Waals surface area contributed by atoms with E-state index in [9.17, 15) is 14.4 Å². The first kappa shape index (κ1) is 13.0. The predicted molar refractivity (Wildman–Crippen MR) is 64.6 cm³/mol. The molecule has 0 saturated carbocycles. The minimum atomic E-state index is -0.284. The number of likely N-dealkylation sites (tertiary alicyclic amines) is 2. The lowest BCUT2D eigenvalue weighted by molar-refractivity contribution is -0.135. The van der Waals surface area contributed by atoms with Crippen molar-refractivity contribution in [2.24, 2.45) is 11.7 Å².